The monoisotopic (exact) mass is 240 g/mol. The zero-order valence-electron chi connectivity index (χ0n) is 10.4. The molecule has 0 fully saturated rings. The lowest BCUT2D eigenvalue weighted by atomic mass is 10.0. The summed E-state index contributed by atoms with van der Waals surface area (Å²) in [5.41, 5.74) is 4.33. The molecule has 0 aliphatic rings. The fourth-order valence-electron chi connectivity index (χ4n) is 1.97. The molecule has 2 aromatic rings. The first-order chi connectivity index (χ1) is 8.69. The van der Waals surface area contributed by atoms with E-state index >= 15 is 0 Å². The van der Waals surface area contributed by atoms with Crippen LogP contribution in [-0.4, -0.2) is 11.1 Å². The number of carbonyl (C=O) groups is 1. The molecule has 1 N–H and O–H groups in total. The van der Waals surface area contributed by atoms with Crippen LogP contribution in [0.2, 0.25) is 0 Å². The molecule has 18 heavy (non-hydrogen) atoms. The first-order valence-electron chi connectivity index (χ1n) is 6.09. The van der Waals surface area contributed by atoms with Gasteiger partial charge in [-0.05, 0) is 28.7 Å². The summed E-state index contributed by atoms with van der Waals surface area (Å²) in [5.74, 6) is -0.798. The molecule has 92 valence electrons. The van der Waals surface area contributed by atoms with Gasteiger partial charge in [-0.3, -0.25) is 4.79 Å². The molecular formula is C16H16O2. The molecule has 0 amide bonds. The summed E-state index contributed by atoms with van der Waals surface area (Å²) < 4.78 is 0. The molecule has 2 nitrogen and oxygen atoms in total. The Morgan fingerprint density at radius 3 is 2.33 bits per heavy atom. The van der Waals surface area contributed by atoms with E-state index in [9.17, 15) is 4.79 Å². The topological polar surface area (TPSA) is 37.3 Å². The Balaban J connectivity index is 2.29. The maximum atomic E-state index is 10.7. The van der Waals surface area contributed by atoms with Gasteiger partial charge in [0, 0.05) is 0 Å². The maximum absolute atomic E-state index is 10.7. The van der Waals surface area contributed by atoms with Crippen molar-refractivity contribution in [2.45, 2.75) is 19.8 Å². The predicted molar refractivity (Wildman–Crippen MR) is 72.6 cm³/mol. The second kappa shape index (κ2) is 5.50. The maximum Gasteiger partial charge on any atom is 0.307 e. The molecule has 0 heterocycles. The van der Waals surface area contributed by atoms with Crippen molar-refractivity contribution < 1.29 is 9.90 Å². The van der Waals surface area contributed by atoms with Crippen LogP contribution in [0, 0.1) is 0 Å². The molecule has 0 bridgehead atoms. The van der Waals surface area contributed by atoms with Crippen LogP contribution >= 0.6 is 0 Å². The van der Waals surface area contributed by atoms with Gasteiger partial charge in [0.2, 0.25) is 0 Å². The van der Waals surface area contributed by atoms with Gasteiger partial charge in [0.1, 0.15) is 0 Å². The molecule has 0 atom stereocenters. The van der Waals surface area contributed by atoms with Crippen LogP contribution in [0.5, 0.6) is 0 Å². The number of aliphatic carboxylic acids is 1. The van der Waals surface area contributed by atoms with Gasteiger partial charge in [0.05, 0.1) is 6.42 Å². The van der Waals surface area contributed by atoms with Crippen molar-refractivity contribution in [2.75, 3.05) is 0 Å². The van der Waals surface area contributed by atoms with Crippen molar-refractivity contribution >= 4 is 5.97 Å². The molecule has 0 spiro atoms. The quantitative estimate of drug-likeness (QED) is 0.887. The number of hydrogen-bond donors (Lipinski definition) is 1. The summed E-state index contributed by atoms with van der Waals surface area (Å²) in [6.45, 7) is 2.13. The van der Waals surface area contributed by atoms with Gasteiger partial charge < -0.3 is 5.11 Å². The van der Waals surface area contributed by atoms with Gasteiger partial charge in [-0.25, -0.2) is 0 Å². The number of aryl methyl sites for hydroxylation is 1. The number of benzene rings is 2. The van der Waals surface area contributed by atoms with Crippen LogP contribution in [0.3, 0.4) is 0 Å². The van der Waals surface area contributed by atoms with Crippen LogP contribution < -0.4 is 0 Å². The number of hydrogen-bond acceptors (Lipinski definition) is 1. The molecule has 2 heteroatoms. The minimum Gasteiger partial charge on any atom is -0.481 e. The molecule has 0 saturated carbocycles. The Bertz CT molecular complexity index is 541. The molecular weight excluding hydrogens is 224 g/mol. The van der Waals surface area contributed by atoms with Gasteiger partial charge >= 0.3 is 5.97 Å². The lowest BCUT2D eigenvalue weighted by Crippen LogP contribution is -1.99. The normalized spacial score (nSPS) is 10.3. The third-order valence-corrected chi connectivity index (χ3v) is 2.98. The average molecular weight is 240 g/mol. The largest absolute Gasteiger partial charge is 0.481 e. The van der Waals surface area contributed by atoms with E-state index in [1.807, 2.05) is 24.3 Å². The smallest absolute Gasteiger partial charge is 0.307 e. The van der Waals surface area contributed by atoms with E-state index in [0.29, 0.717) is 0 Å². The van der Waals surface area contributed by atoms with E-state index < -0.39 is 5.97 Å². The van der Waals surface area contributed by atoms with Crippen molar-refractivity contribution in [3.63, 3.8) is 0 Å². The highest BCUT2D eigenvalue weighted by atomic mass is 16.4. The molecule has 0 aliphatic carbocycles. The zero-order valence-corrected chi connectivity index (χ0v) is 10.4. The first-order valence-corrected chi connectivity index (χ1v) is 6.09. The lowest BCUT2D eigenvalue weighted by molar-refractivity contribution is -0.136. The van der Waals surface area contributed by atoms with Gasteiger partial charge in [-0.2, -0.15) is 0 Å². The van der Waals surface area contributed by atoms with E-state index in [0.717, 1.165) is 23.1 Å². The summed E-state index contributed by atoms with van der Waals surface area (Å²) in [6.07, 6.45) is 1.10. The highest BCUT2D eigenvalue weighted by Gasteiger charge is 2.03. The standard InChI is InChI=1S/C16H16O2/c1-2-12-6-8-14(9-7-12)15-5-3-4-13(10-15)11-16(17)18/h3-10H,2,11H2,1H3,(H,17,18). The lowest BCUT2D eigenvalue weighted by Gasteiger charge is -2.05. The Labute approximate surface area is 107 Å². The van der Waals surface area contributed by atoms with E-state index in [1.165, 1.54) is 5.56 Å². The van der Waals surface area contributed by atoms with Crippen molar-refractivity contribution in [2.24, 2.45) is 0 Å². The van der Waals surface area contributed by atoms with Crippen molar-refractivity contribution in [1.82, 2.24) is 0 Å². The van der Waals surface area contributed by atoms with Crippen LogP contribution in [-0.2, 0) is 17.6 Å². The Kier molecular flexibility index (Phi) is 3.78. The van der Waals surface area contributed by atoms with Gasteiger partial charge in [-0.1, -0.05) is 55.5 Å². The molecule has 0 radical (unpaired) electrons. The van der Waals surface area contributed by atoms with Crippen LogP contribution in [0.15, 0.2) is 48.5 Å². The number of carboxylic acid groups (broad SMARTS) is 1. The molecule has 0 aliphatic heterocycles. The molecule has 0 saturated heterocycles. The molecule has 2 aromatic carbocycles. The molecule has 0 unspecified atom stereocenters. The minimum atomic E-state index is -0.798. The van der Waals surface area contributed by atoms with Crippen LogP contribution in [0.4, 0.5) is 0 Å². The van der Waals surface area contributed by atoms with E-state index in [-0.39, 0.29) is 6.42 Å². The third kappa shape index (κ3) is 2.98. The van der Waals surface area contributed by atoms with Crippen molar-refractivity contribution in [3.05, 3.63) is 59.7 Å². The summed E-state index contributed by atoms with van der Waals surface area (Å²) in [6, 6.07) is 16.1. The average Bonchev–Trinajstić information content (AvgIpc) is 2.38. The van der Waals surface area contributed by atoms with E-state index in [1.54, 1.807) is 0 Å². The number of rotatable bonds is 4. The molecule has 2 rings (SSSR count). The van der Waals surface area contributed by atoms with E-state index in [2.05, 4.69) is 31.2 Å². The van der Waals surface area contributed by atoms with Gasteiger partial charge in [-0.15, -0.1) is 0 Å². The first kappa shape index (κ1) is 12.4. The summed E-state index contributed by atoms with van der Waals surface area (Å²) in [7, 11) is 0. The second-order valence-electron chi connectivity index (χ2n) is 4.32. The Morgan fingerprint density at radius 1 is 1.00 bits per heavy atom. The Hall–Kier alpha value is -2.09. The zero-order chi connectivity index (χ0) is 13.0. The SMILES string of the molecule is CCc1ccc(-c2cccc(CC(=O)O)c2)cc1. The highest BCUT2D eigenvalue weighted by Crippen LogP contribution is 2.21. The van der Waals surface area contributed by atoms with E-state index in [4.69, 9.17) is 5.11 Å². The Morgan fingerprint density at radius 2 is 1.72 bits per heavy atom. The van der Waals surface area contributed by atoms with Gasteiger partial charge in [0.15, 0.2) is 0 Å². The van der Waals surface area contributed by atoms with Crippen LogP contribution in [0.25, 0.3) is 11.1 Å². The molecule has 0 aromatic heterocycles. The van der Waals surface area contributed by atoms with Crippen LogP contribution in [0.1, 0.15) is 18.1 Å². The minimum absolute atomic E-state index is 0.0703. The highest BCUT2D eigenvalue weighted by molar-refractivity contribution is 5.72. The van der Waals surface area contributed by atoms with Crippen molar-refractivity contribution in [3.8, 4) is 11.1 Å². The summed E-state index contributed by atoms with van der Waals surface area (Å²) in [5, 5.41) is 8.80. The van der Waals surface area contributed by atoms with Gasteiger partial charge in [0.25, 0.3) is 0 Å². The fourth-order valence-corrected chi connectivity index (χ4v) is 1.97. The number of carboxylic acids is 1. The summed E-state index contributed by atoms with van der Waals surface area (Å²) >= 11 is 0. The second-order valence-corrected chi connectivity index (χ2v) is 4.32. The fraction of sp³-hybridized carbons (Fsp3) is 0.188. The van der Waals surface area contributed by atoms with Crippen molar-refractivity contribution in [1.29, 1.82) is 0 Å². The predicted octanol–water partition coefficient (Wildman–Crippen LogP) is 3.54. The summed E-state index contributed by atoms with van der Waals surface area (Å²) in [4.78, 5) is 10.7. The third-order valence-electron chi connectivity index (χ3n) is 2.98.